The highest BCUT2D eigenvalue weighted by molar-refractivity contribution is 5.79. The molecule has 0 radical (unpaired) electrons. The maximum absolute atomic E-state index is 12.3. The monoisotopic (exact) mass is 244 g/mol. The van der Waals surface area contributed by atoms with Gasteiger partial charge in [-0.1, -0.05) is 24.3 Å². The number of fused-ring (bicyclic) bond motifs is 1. The van der Waals surface area contributed by atoms with E-state index in [9.17, 15) is 4.79 Å². The summed E-state index contributed by atoms with van der Waals surface area (Å²) in [5, 5.41) is 3.40. The van der Waals surface area contributed by atoms with Crippen LogP contribution in [-0.2, 0) is 11.2 Å². The molecule has 1 N–H and O–H groups in total. The van der Waals surface area contributed by atoms with Crippen molar-refractivity contribution >= 4 is 5.91 Å². The normalized spacial score (nSPS) is 26.4. The number of hydrogen-bond donors (Lipinski definition) is 1. The number of amides is 1. The summed E-state index contributed by atoms with van der Waals surface area (Å²) in [5.41, 5.74) is 2.38. The number of benzene rings is 1. The SMILES string of the molecule is Cc1ccccc1CC(=O)N1C[C@H]2CNC[C@H]2C1. The van der Waals surface area contributed by atoms with Gasteiger partial charge in [-0.3, -0.25) is 4.79 Å². The Morgan fingerprint density at radius 3 is 2.61 bits per heavy atom. The number of carbonyl (C=O) groups excluding carboxylic acids is 1. The molecule has 1 aromatic rings. The highest BCUT2D eigenvalue weighted by Crippen LogP contribution is 2.26. The van der Waals surface area contributed by atoms with E-state index >= 15 is 0 Å². The van der Waals surface area contributed by atoms with Crippen LogP contribution in [0.3, 0.4) is 0 Å². The number of hydrogen-bond acceptors (Lipinski definition) is 2. The summed E-state index contributed by atoms with van der Waals surface area (Å²) in [6.07, 6.45) is 0.555. The fourth-order valence-corrected chi connectivity index (χ4v) is 3.14. The molecule has 2 atom stereocenters. The highest BCUT2D eigenvalue weighted by Gasteiger charge is 2.37. The lowest BCUT2D eigenvalue weighted by molar-refractivity contribution is -0.129. The molecule has 1 amide bonds. The largest absolute Gasteiger partial charge is 0.342 e. The maximum Gasteiger partial charge on any atom is 0.227 e. The van der Waals surface area contributed by atoms with Gasteiger partial charge in [0.05, 0.1) is 6.42 Å². The van der Waals surface area contributed by atoms with E-state index in [-0.39, 0.29) is 0 Å². The first-order valence-electron chi connectivity index (χ1n) is 6.77. The standard InChI is InChI=1S/C15H20N2O/c1-11-4-2-3-5-12(11)6-15(18)17-9-13-7-16-8-14(13)10-17/h2-5,13-14,16H,6-10H2,1H3/t13-,14+. The van der Waals surface area contributed by atoms with Gasteiger partial charge in [-0.15, -0.1) is 0 Å². The molecule has 0 saturated carbocycles. The van der Waals surface area contributed by atoms with Crippen LogP contribution in [-0.4, -0.2) is 37.0 Å². The number of nitrogens with one attached hydrogen (secondary N) is 1. The second-order valence-electron chi connectivity index (χ2n) is 5.58. The summed E-state index contributed by atoms with van der Waals surface area (Å²) < 4.78 is 0. The Morgan fingerprint density at radius 2 is 1.94 bits per heavy atom. The van der Waals surface area contributed by atoms with Crippen molar-refractivity contribution in [3.8, 4) is 0 Å². The van der Waals surface area contributed by atoms with Crippen molar-refractivity contribution in [2.75, 3.05) is 26.2 Å². The van der Waals surface area contributed by atoms with Crippen LogP contribution in [0, 0.1) is 18.8 Å². The van der Waals surface area contributed by atoms with Crippen LogP contribution in [0.15, 0.2) is 24.3 Å². The van der Waals surface area contributed by atoms with Gasteiger partial charge in [0.25, 0.3) is 0 Å². The van der Waals surface area contributed by atoms with Gasteiger partial charge in [0, 0.05) is 26.2 Å². The van der Waals surface area contributed by atoms with Gasteiger partial charge in [-0.25, -0.2) is 0 Å². The van der Waals surface area contributed by atoms with Crippen LogP contribution in [0.25, 0.3) is 0 Å². The third-order valence-corrected chi connectivity index (χ3v) is 4.35. The lowest BCUT2D eigenvalue weighted by Gasteiger charge is -2.18. The molecule has 0 bridgehead atoms. The summed E-state index contributed by atoms with van der Waals surface area (Å²) in [6.45, 7) is 6.13. The molecule has 3 nitrogen and oxygen atoms in total. The molecule has 0 aromatic heterocycles. The summed E-state index contributed by atoms with van der Waals surface area (Å²) >= 11 is 0. The van der Waals surface area contributed by atoms with Crippen molar-refractivity contribution in [3.05, 3.63) is 35.4 Å². The minimum Gasteiger partial charge on any atom is -0.342 e. The van der Waals surface area contributed by atoms with Crippen molar-refractivity contribution in [3.63, 3.8) is 0 Å². The number of carbonyl (C=O) groups is 1. The first-order valence-corrected chi connectivity index (χ1v) is 6.77. The Labute approximate surface area is 108 Å². The number of likely N-dealkylation sites (tertiary alicyclic amines) is 1. The summed E-state index contributed by atoms with van der Waals surface area (Å²) in [4.78, 5) is 14.4. The zero-order chi connectivity index (χ0) is 12.5. The Bertz CT molecular complexity index is 446. The van der Waals surface area contributed by atoms with Crippen molar-refractivity contribution < 1.29 is 4.79 Å². The lowest BCUT2D eigenvalue weighted by atomic mass is 10.0. The van der Waals surface area contributed by atoms with Crippen LogP contribution >= 0.6 is 0 Å². The molecule has 2 fully saturated rings. The Morgan fingerprint density at radius 1 is 1.28 bits per heavy atom. The van der Waals surface area contributed by atoms with E-state index in [1.54, 1.807) is 0 Å². The Balaban J connectivity index is 1.64. The Hall–Kier alpha value is -1.35. The van der Waals surface area contributed by atoms with Crippen molar-refractivity contribution in [2.24, 2.45) is 11.8 Å². The van der Waals surface area contributed by atoms with Gasteiger partial charge in [0.1, 0.15) is 0 Å². The topological polar surface area (TPSA) is 32.3 Å². The fourth-order valence-electron chi connectivity index (χ4n) is 3.14. The van der Waals surface area contributed by atoms with Crippen LogP contribution in [0.5, 0.6) is 0 Å². The molecule has 0 unspecified atom stereocenters. The van der Waals surface area contributed by atoms with E-state index in [1.165, 1.54) is 5.56 Å². The Kier molecular flexibility index (Phi) is 3.08. The summed E-state index contributed by atoms with van der Waals surface area (Å²) in [7, 11) is 0. The van der Waals surface area contributed by atoms with Crippen LogP contribution in [0.1, 0.15) is 11.1 Å². The number of aryl methyl sites for hydroxylation is 1. The number of rotatable bonds is 2. The van der Waals surface area contributed by atoms with Gasteiger partial charge in [-0.2, -0.15) is 0 Å². The van der Waals surface area contributed by atoms with E-state index in [0.29, 0.717) is 24.2 Å². The quantitative estimate of drug-likeness (QED) is 0.848. The van der Waals surface area contributed by atoms with Crippen LogP contribution in [0.2, 0.25) is 0 Å². The molecule has 2 aliphatic heterocycles. The molecule has 0 aliphatic carbocycles. The summed E-state index contributed by atoms with van der Waals surface area (Å²) in [6, 6.07) is 8.17. The molecule has 3 rings (SSSR count). The summed E-state index contributed by atoms with van der Waals surface area (Å²) in [5.74, 6) is 1.66. The smallest absolute Gasteiger partial charge is 0.227 e. The second kappa shape index (κ2) is 4.73. The van der Waals surface area contributed by atoms with E-state index in [2.05, 4.69) is 29.3 Å². The molecule has 1 aromatic carbocycles. The second-order valence-corrected chi connectivity index (χ2v) is 5.58. The van der Waals surface area contributed by atoms with E-state index in [4.69, 9.17) is 0 Å². The number of nitrogens with zero attached hydrogens (tertiary/aromatic N) is 1. The van der Waals surface area contributed by atoms with Crippen molar-refractivity contribution in [2.45, 2.75) is 13.3 Å². The molecule has 2 saturated heterocycles. The maximum atomic E-state index is 12.3. The zero-order valence-corrected chi connectivity index (χ0v) is 10.9. The molecule has 18 heavy (non-hydrogen) atoms. The molecule has 0 spiro atoms. The van der Waals surface area contributed by atoms with Crippen molar-refractivity contribution in [1.29, 1.82) is 0 Å². The van der Waals surface area contributed by atoms with Crippen LogP contribution in [0.4, 0.5) is 0 Å². The molecular weight excluding hydrogens is 224 g/mol. The lowest BCUT2D eigenvalue weighted by Crippen LogP contribution is -2.33. The van der Waals surface area contributed by atoms with Gasteiger partial charge in [0.15, 0.2) is 0 Å². The molecule has 2 aliphatic rings. The van der Waals surface area contributed by atoms with Gasteiger partial charge in [0.2, 0.25) is 5.91 Å². The first kappa shape index (κ1) is 11.7. The molecule has 2 heterocycles. The predicted molar refractivity (Wildman–Crippen MR) is 71.3 cm³/mol. The van der Waals surface area contributed by atoms with Gasteiger partial charge in [-0.05, 0) is 29.9 Å². The average molecular weight is 244 g/mol. The first-order chi connectivity index (χ1) is 8.74. The average Bonchev–Trinajstić information content (AvgIpc) is 2.92. The minimum absolute atomic E-state index is 0.290. The van der Waals surface area contributed by atoms with E-state index in [0.717, 1.165) is 31.7 Å². The van der Waals surface area contributed by atoms with E-state index < -0.39 is 0 Å². The van der Waals surface area contributed by atoms with Crippen LogP contribution < -0.4 is 5.32 Å². The fraction of sp³-hybridized carbons (Fsp3) is 0.533. The van der Waals surface area contributed by atoms with E-state index in [1.807, 2.05) is 12.1 Å². The minimum atomic E-state index is 0.290. The third-order valence-electron chi connectivity index (χ3n) is 4.35. The molecule has 96 valence electrons. The van der Waals surface area contributed by atoms with Gasteiger partial charge < -0.3 is 10.2 Å². The van der Waals surface area contributed by atoms with Gasteiger partial charge >= 0.3 is 0 Å². The zero-order valence-electron chi connectivity index (χ0n) is 10.9. The third kappa shape index (κ3) is 2.15. The molecular formula is C15H20N2O. The predicted octanol–water partition coefficient (Wildman–Crippen LogP) is 1.22. The van der Waals surface area contributed by atoms with Crippen molar-refractivity contribution in [1.82, 2.24) is 10.2 Å². The highest BCUT2D eigenvalue weighted by atomic mass is 16.2. The molecule has 3 heteroatoms.